The summed E-state index contributed by atoms with van der Waals surface area (Å²) in [6, 6.07) is 0. The molecule has 0 aromatic carbocycles. The van der Waals surface area contributed by atoms with Crippen molar-refractivity contribution in [3.63, 3.8) is 0 Å². The van der Waals surface area contributed by atoms with Gasteiger partial charge in [0.15, 0.2) is 5.78 Å². The number of alkyl halides is 1. The van der Waals surface area contributed by atoms with Gasteiger partial charge in [-0.05, 0) is 19.9 Å². The Kier molecular flexibility index (Phi) is 4.08. The minimum absolute atomic E-state index is 0.0383. The third-order valence-electron chi connectivity index (χ3n) is 5.12. The molecule has 1 heterocycles. The number of carbonyl (C=O) groups is 3. The first kappa shape index (κ1) is 16.2. The quantitative estimate of drug-likeness (QED) is 0.570. The first-order chi connectivity index (χ1) is 10.8. The Morgan fingerprint density at radius 3 is 2.74 bits per heavy atom. The number of esters is 2. The molecule has 0 saturated carbocycles. The van der Waals surface area contributed by atoms with Crippen LogP contribution < -0.4 is 0 Å². The lowest BCUT2D eigenvalue weighted by molar-refractivity contribution is -0.150. The second-order valence-corrected chi connectivity index (χ2v) is 6.83. The van der Waals surface area contributed by atoms with E-state index in [-0.39, 0.29) is 35.4 Å². The molecule has 124 valence electrons. The number of fused-ring (bicyclic) bond motifs is 3. The topological polar surface area (TPSA) is 69.7 Å². The molecule has 2 aliphatic carbocycles. The summed E-state index contributed by atoms with van der Waals surface area (Å²) in [7, 11) is 0. The van der Waals surface area contributed by atoms with E-state index in [2.05, 4.69) is 0 Å². The van der Waals surface area contributed by atoms with E-state index in [9.17, 15) is 14.4 Å². The first-order valence-corrected chi connectivity index (χ1v) is 8.26. The maximum absolute atomic E-state index is 12.3. The van der Waals surface area contributed by atoms with Crippen molar-refractivity contribution in [2.75, 3.05) is 5.88 Å². The van der Waals surface area contributed by atoms with E-state index in [1.807, 2.05) is 13.8 Å². The first-order valence-electron chi connectivity index (χ1n) is 7.73. The molecule has 1 saturated heterocycles. The highest BCUT2D eigenvalue weighted by Crippen LogP contribution is 2.48. The summed E-state index contributed by atoms with van der Waals surface area (Å²) >= 11 is 5.55. The van der Waals surface area contributed by atoms with Crippen molar-refractivity contribution in [1.82, 2.24) is 0 Å². The molecule has 6 heteroatoms. The van der Waals surface area contributed by atoms with Gasteiger partial charge in [-0.1, -0.05) is 18.1 Å². The largest absolute Gasteiger partial charge is 0.461 e. The van der Waals surface area contributed by atoms with Crippen molar-refractivity contribution in [3.05, 3.63) is 22.8 Å². The van der Waals surface area contributed by atoms with Gasteiger partial charge >= 0.3 is 11.9 Å². The number of ketones is 1. The van der Waals surface area contributed by atoms with Crippen molar-refractivity contribution in [2.45, 2.75) is 39.4 Å². The number of rotatable bonds is 2. The van der Waals surface area contributed by atoms with Crippen molar-refractivity contribution >= 4 is 29.3 Å². The van der Waals surface area contributed by atoms with Crippen LogP contribution in [-0.4, -0.2) is 35.8 Å². The molecule has 3 rings (SSSR count). The second kappa shape index (κ2) is 5.78. The van der Waals surface area contributed by atoms with E-state index in [1.54, 1.807) is 13.0 Å². The minimum atomic E-state index is -0.523. The molecule has 0 amide bonds. The van der Waals surface area contributed by atoms with Crippen molar-refractivity contribution in [2.24, 2.45) is 17.8 Å². The van der Waals surface area contributed by atoms with Crippen LogP contribution in [0.25, 0.3) is 0 Å². The van der Waals surface area contributed by atoms with Crippen LogP contribution in [0, 0.1) is 17.8 Å². The monoisotopic (exact) mass is 338 g/mol. The third-order valence-corrected chi connectivity index (χ3v) is 5.34. The van der Waals surface area contributed by atoms with E-state index >= 15 is 0 Å². The highest BCUT2D eigenvalue weighted by Gasteiger charge is 2.55. The van der Waals surface area contributed by atoms with Crippen LogP contribution in [-0.2, 0) is 23.9 Å². The maximum atomic E-state index is 12.3. The third kappa shape index (κ3) is 2.51. The molecule has 5 nitrogen and oxygen atoms in total. The molecule has 0 aromatic rings. The highest BCUT2D eigenvalue weighted by molar-refractivity contribution is 6.26. The molecule has 23 heavy (non-hydrogen) atoms. The molecule has 5 atom stereocenters. The van der Waals surface area contributed by atoms with Crippen LogP contribution in [0.3, 0.4) is 0 Å². The molecule has 0 N–H and O–H groups in total. The summed E-state index contributed by atoms with van der Waals surface area (Å²) in [6.07, 6.45) is 1.05. The van der Waals surface area contributed by atoms with Gasteiger partial charge in [-0.2, -0.15) is 0 Å². The lowest BCUT2D eigenvalue weighted by Gasteiger charge is -2.29. The normalized spacial score (nSPS) is 36.2. The fourth-order valence-electron chi connectivity index (χ4n) is 4.11. The van der Waals surface area contributed by atoms with Crippen LogP contribution in [0.5, 0.6) is 0 Å². The standard InChI is InChI=1S/C17H19ClO5/c1-7-4-10(19)13-8(2)5-11(22-12(20)6-18)15-9(3)17(21)23-16(15)14(7)13/h4,9,11,14-16H,5-6H2,1-3H3/t9-,11-,14+,15-,16+/m1/s1. The van der Waals surface area contributed by atoms with E-state index in [0.29, 0.717) is 12.0 Å². The van der Waals surface area contributed by atoms with E-state index in [0.717, 1.165) is 11.1 Å². The highest BCUT2D eigenvalue weighted by atomic mass is 35.5. The van der Waals surface area contributed by atoms with Gasteiger partial charge < -0.3 is 9.47 Å². The smallest absolute Gasteiger partial charge is 0.321 e. The number of allylic oxidation sites excluding steroid dienone is 1. The van der Waals surface area contributed by atoms with Gasteiger partial charge in [0.05, 0.1) is 5.92 Å². The Hall–Kier alpha value is -1.62. The average molecular weight is 339 g/mol. The molecule has 1 fully saturated rings. The lowest BCUT2D eigenvalue weighted by atomic mass is 9.79. The van der Waals surface area contributed by atoms with E-state index < -0.39 is 18.2 Å². The zero-order valence-corrected chi connectivity index (χ0v) is 14.1. The Balaban J connectivity index is 2.05. The number of carbonyl (C=O) groups excluding carboxylic acids is 3. The molecule has 3 aliphatic rings. The summed E-state index contributed by atoms with van der Waals surface area (Å²) in [4.78, 5) is 36.1. The lowest BCUT2D eigenvalue weighted by Crippen LogP contribution is -2.38. The van der Waals surface area contributed by atoms with Crippen LogP contribution in [0.4, 0.5) is 0 Å². The van der Waals surface area contributed by atoms with Gasteiger partial charge in [-0.3, -0.25) is 14.4 Å². The van der Waals surface area contributed by atoms with Gasteiger partial charge in [0.2, 0.25) is 0 Å². The Morgan fingerprint density at radius 1 is 1.39 bits per heavy atom. The van der Waals surface area contributed by atoms with Gasteiger partial charge in [-0.15, -0.1) is 11.6 Å². The molecular formula is C17H19ClO5. The number of ether oxygens (including phenoxy) is 2. The predicted octanol–water partition coefficient (Wildman–Crippen LogP) is 2.18. The molecule has 0 unspecified atom stereocenters. The SMILES string of the molecule is CC1=CC(=O)C2=C(C)C[C@@H](OC(=O)CCl)[C@@H]3[C@@H](OC(=O)[C@@H]3C)[C@@H]12. The fourth-order valence-corrected chi connectivity index (χ4v) is 4.17. The Labute approximate surface area is 139 Å². The average Bonchev–Trinajstić information content (AvgIpc) is 2.89. The zero-order valence-electron chi connectivity index (χ0n) is 13.3. The van der Waals surface area contributed by atoms with E-state index in [1.165, 1.54) is 0 Å². The van der Waals surface area contributed by atoms with E-state index in [4.69, 9.17) is 21.1 Å². The number of hydrogen-bond acceptors (Lipinski definition) is 5. The second-order valence-electron chi connectivity index (χ2n) is 6.56. The predicted molar refractivity (Wildman–Crippen MR) is 82.7 cm³/mol. The molecule has 1 aliphatic heterocycles. The summed E-state index contributed by atoms with van der Waals surface area (Å²) in [5.41, 5.74) is 2.47. The van der Waals surface area contributed by atoms with Crippen molar-refractivity contribution in [1.29, 1.82) is 0 Å². The molecule has 0 radical (unpaired) electrons. The molecular weight excluding hydrogens is 320 g/mol. The number of halogens is 1. The van der Waals surface area contributed by atoms with Crippen LogP contribution in [0.2, 0.25) is 0 Å². The van der Waals surface area contributed by atoms with Gasteiger partial charge in [0, 0.05) is 23.8 Å². The molecule has 0 aromatic heterocycles. The molecule has 0 spiro atoms. The zero-order chi connectivity index (χ0) is 16.9. The van der Waals surface area contributed by atoms with Crippen molar-refractivity contribution in [3.8, 4) is 0 Å². The maximum Gasteiger partial charge on any atom is 0.321 e. The van der Waals surface area contributed by atoms with Gasteiger partial charge in [0.25, 0.3) is 0 Å². The summed E-state index contributed by atoms with van der Waals surface area (Å²) in [5.74, 6) is -2.01. The van der Waals surface area contributed by atoms with Crippen LogP contribution >= 0.6 is 11.6 Å². The fraction of sp³-hybridized carbons (Fsp3) is 0.588. The Morgan fingerprint density at radius 2 is 2.09 bits per heavy atom. The van der Waals surface area contributed by atoms with Gasteiger partial charge in [0.1, 0.15) is 18.1 Å². The van der Waals surface area contributed by atoms with Crippen molar-refractivity contribution < 1.29 is 23.9 Å². The minimum Gasteiger partial charge on any atom is -0.461 e. The summed E-state index contributed by atoms with van der Waals surface area (Å²) in [5, 5.41) is 0. The summed E-state index contributed by atoms with van der Waals surface area (Å²) < 4.78 is 11.1. The Bertz CT molecular complexity index is 647. The molecule has 0 bridgehead atoms. The van der Waals surface area contributed by atoms with Gasteiger partial charge in [-0.25, -0.2) is 0 Å². The number of hydrogen-bond donors (Lipinski definition) is 0. The van der Waals surface area contributed by atoms with Crippen LogP contribution in [0.15, 0.2) is 22.8 Å². The summed E-state index contributed by atoms with van der Waals surface area (Å²) in [6.45, 7) is 5.54. The van der Waals surface area contributed by atoms with Crippen LogP contribution in [0.1, 0.15) is 27.2 Å².